The normalized spacial score (nSPS) is 19.0. The Morgan fingerprint density at radius 2 is 1.91 bits per heavy atom. The topological polar surface area (TPSA) is 67.4 Å². The van der Waals surface area contributed by atoms with Crippen molar-refractivity contribution >= 4 is 12.0 Å². The first-order chi connectivity index (χ1) is 11.0. The molecule has 0 aromatic heterocycles. The highest BCUT2D eigenvalue weighted by molar-refractivity contribution is 5.95. The van der Waals surface area contributed by atoms with Crippen LogP contribution in [0.4, 0.5) is 4.79 Å². The van der Waals surface area contributed by atoms with Crippen molar-refractivity contribution in [2.45, 2.75) is 52.7 Å². The van der Waals surface area contributed by atoms with Crippen molar-refractivity contribution in [3.63, 3.8) is 0 Å². The van der Waals surface area contributed by atoms with E-state index in [9.17, 15) is 9.59 Å². The lowest BCUT2D eigenvalue weighted by Crippen LogP contribution is -2.45. The quantitative estimate of drug-likeness (QED) is 0.820. The Labute approximate surface area is 137 Å². The third kappa shape index (κ3) is 3.92. The van der Waals surface area contributed by atoms with Crippen LogP contribution in [0.2, 0.25) is 0 Å². The van der Waals surface area contributed by atoms with Crippen molar-refractivity contribution in [1.82, 2.24) is 10.6 Å². The molecule has 2 N–H and O–H groups in total. The van der Waals surface area contributed by atoms with Crippen LogP contribution in [0.3, 0.4) is 0 Å². The number of nitrogens with one attached hydrogen (secondary N) is 2. The third-order valence-corrected chi connectivity index (χ3v) is 4.09. The van der Waals surface area contributed by atoms with Gasteiger partial charge in [0.2, 0.25) is 0 Å². The summed E-state index contributed by atoms with van der Waals surface area (Å²) in [5.74, 6) is -0.395. The number of urea groups is 1. The van der Waals surface area contributed by atoms with Gasteiger partial charge in [0.1, 0.15) is 0 Å². The van der Waals surface area contributed by atoms with Crippen LogP contribution in [0.5, 0.6) is 0 Å². The van der Waals surface area contributed by atoms with E-state index in [2.05, 4.69) is 17.6 Å². The lowest BCUT2D eigenvalue weighted by atomic mass is 9.94. The number of carbonyl (C=O) groups excluding carboxylic acids is 2. The van der Waals surface area contributed by atoms with Crippen molar-refractivity contribution in [3.05, 3.63) is 46.7 Å². The Morgan fingerprint density at radius 3 is 2.48 bits per heavy atom. The molecule has 0 saturated heterocycles. The van der Waals surface area contributed by atoms with Crippen LogP contribution in [0.15, 0.2) is 35.5 Å². The predicted octanol–water partition coefficient (Wildman–Crippen LogP) is 3.22. The predicted molar refractivity (Wildman–Crippen MR) is 88.8 cm³/mol. The molecule has 0 spiro atoms. The fraction of sp³-hybridized carbons (Fsp3) is 0.444. The molecule has 2 rings (SSSR count). The van der Waals surface area contributed by atoms with Crippen molar-refractivity contribution in [2.24, 2.45) is 0 Å². The minimum absolute atomic E-state index is 0.163. The molecule has 2 atom stereocenters. The second kappa shape index (κ2) is 7.31. The summed E-state index contributed by atoms with van der Waals surface area (Å²) in [6.07, 6.45) is 1.52. The molecule has 124 valence electrons. The number of benzene rings is 1. The van der Waals surface area contributed by atoms with Crippen molar-refractivity contribution in [3.8, 4) is 0 Å². The summed E-state index contributed by atoms with van der Waals surface area (Å²) in [5.41, 5.74) is 3.06. The van der Waals surface area contributed by atoms with Crippen LogP contribution in [0.1, 0.15) is 51.3 Å². The molecule has 1 heterocycles. The number of allylic oxidation sites excluding steroid dienone is 1. The van der Waals surface area contributed by atoms with Gasteiger partial charge in [0.15, 0.2) is 0 Å². The van der Waals surface area contributed by atoms with Gasteiger partial charge in [0.25, 0.3) is 0 Å². The summed E-state index contributed by atoms with van der Waals surface area (Å²) < 4.78 is 5.45. The molecule has 1 aromatic carbocycles. The molecule has 1 aliphatic rings. The maximum absolute atomic E-state index is 12.5. The molecule has 2 amide bonds. The van der Waals surface area contributed by atoms with Gasteiger partial charge in [-0.25, -0.2) is 9.59 Å². The second-order valence-corrected chi connectivity index (χ2v) is 5.79. The maximum Gasteiger partial charge on any atom is 0.338 e. The van der Waals surface area contributed by atoms with Crippen LogP contribution >= 0.6 is 0 Å². The van der Waals surface area contributed by atoms with E-state index in [1.165, 1.54) is 5.56 Å². The minimum Gasteiger partial charge on any atom is -0.459 e. The Kier molecular flexibility index (Phi) is 5.42. The van der Waals surface area contributed by atoms with Gasteiger partial charge in [0.05, 0.1) is 17.7 Å². The van der Waals surface area contributed by atoms with E-state index in [1.54, 1.807) is 6.92 Å². The average molecular weight is 316 g/mol. The Bertz CT molecular complexity index is 620. The molecule has 0 saturated carbocycles. The summed E-state index contributed by atoms with van der Waals surface area (Å²) in [6, 6.07) is 7.10. The van der Waals surface area contributed by atoms with Gasteiger partial charge in [0, 0.05) is 5.70 Å². The van der Waals surface area contributed by atoms with Crippen molar-refractivity contribution < 1.29 is 14.3 Å². The van der Waals surface area contributed by atoms with E-state index < -0.39 is 12.0 Å². The van der Waals surface area contributed by atoms with E-state index in [4.69, 9.17) is 4.74 Å². The molecule has 23 heavy (non-hydrogen) atoms. The van der Waals surface area contributed by atoms with Gasteiger partial charge in [-0.15, -0.1) is 0 Å². The number of rotatable bonds is 5. The van der Waals surface area contributed by atoms with E-state index in [1.807, 2.05) is 38.1 Å². The number of hydrogen-bond donors (Lipinski definition) is 2. The number of aryl methyl sites for hydroxylation is 1. The molecular weight excluding hydrogens is 292 g/mol. The van der Waals surface area contributed by atoms with E-state index in [0.717, 1.165) is 18.4 Å². The van der Waals surface area contributed by atoms with Crippen LogP contribution in [0.25, 0.3) is 0 Å². The zero-order chi connectivity index (χ0) is 17.0. The molecule has 0 bridgehead atoms. The first-order valence-electron chi connectivity index (χ1n) is 8.04. The first kappa shape index (κ1) is 17.1. The summed E-state index contributed by atoms with van der Waals surface area (Å²) >= 11 is 0. The summed E-state index contributed by atoms with van der Waals surface area (Å²) in [6.45, 7) is 7.62. The lowest BCUT2D eigenvalue weighted by Gasteiger charge is -2.29. The lowest BCUT2D eigenvalue weighted by molar-refractivity contribution is -0.144. The molecule has 5 heteroatoms. The number of amides is 2. The van der Waals surface area contributed by atoms with Gasteiger partial charge in [-0.1, -0.05) is 38.1 Å². The van der Waals surface area contributed by atoms with E-state index in [-0.39, 0.29) is 12.1 Å². The largest absolute Gasteiger partial charge is 0.459 e. The number of carbonyl (C=O) groups is 2. The molecule has 0 aliphatic carbocycles. The smallest absolute Gasteiger partial charge is 0.338 e. The molecular formula is C18H24N2O3. The van der Waals surface area contributed by atoms with Crippen LogP contribution < -0.4 is 10.6 Å². The monoisotopic (exact) mass is 316 g/mol. The SMILES string of the molecule is CCc1ccc([C@@H]2NC(=O)NC(C)=C2C(=O)O[C@H](C)CC)cc1. The zero-order valence-corrected chi connectivity index (χ0v) is 14.1. The standard InChI is InChI=1S/C18H24N2O3/c1-5-11(3)23-17(21)15-12(4)19-18(22)20-16(15)14-9-7-13(6-2)8-10-14/h7-11,16H,5-6H2,1-4H3,(H2,19,20,22)/t11-,16+/m1/s1. The average Bonchev–Trinajstić information content (AvgIpc) is 2.53. The second-order valence-electron chi connectivity index (χ2n) is 5.79. The summed E-state index contributed by atoms with van der Waals surface area (Å²) in [4.78, 5) is 24.3. The number of hydrogen-bond acceptors (Lipinski definition) is 3. The number of ether oxygens (including phenoxy) is 1. The van der Waals surface area contributed by atoms with Gasteiger partial charge < -0.3 is 15.4 Å². The fourth-order valence-corrected chi connectivity index (χ4v) is 2.49. The van der Waals surface area contributed by atoms with Crippen LogP contribution in [-0.4, -0.2) is 18.1 Å². The third-order valence-electron chi connectivity index (χ3n) is 4.09. The molecule has 0 unspecified atom stereocenters. The highest BCUT2D eigenvalue weighted by Crippen LogP contribution is 2.28. The highest BCUT2D eigenvalue weighted by Gasteiger charge is 2.32. The van der Waals surface area contributed by atoms with Crippen molar-refractivity contribution in [2.75, 3.05) is 0 Å². The molecule has 1 aromatic rings. The van der Waals surface area contributed by atoms with Crippen molar-refractivity contribution in [1.29, 1.82) is 0 Å². The van der Waals surface area contributed by atoms with Gasteiger partial charge in [-0.3, -0.25) is 0 Å². The molecule has 0 fully saturated rings. The van der Waals surface area contributed by atoms with Gasteiger partial charge >= 0.3 is 12.0 Å². The minimum atomic E-state index is -0.494. The van der Waals surface area contributed by atoms with Crippen LogP contribution in [0, 0.1) is 0 Å². The van der Waals surface area contributed by atoms with Gasteiger partial charge in [-0.2, -0.15) is 0 Å². The maximum atomic E-state index is 12.5. The fourth-order valence-electron chi connectivity index (χ4n) is 2.49. The Hall–Kier alpha value is -2.30. The van der Waals surface area contributed by atoms with Crippen LogP contribution in [-0.2, 0) is 16.0 Å². The molecule has 1 aliphatic heterocycles. The van der Waals surface area contributed by atoms with Gasteiger partial charge in [-0.05, 0) is 37.8 Å². The first-order valence-corrected chi connectivity index (χ1v) is 8.04. The Morgan fingerprint density at radius 1 is 1.26 bits per heavy atom. The Balaban J connectivity index is 2.35. The number of esters is 1. The zero-order valence-electron chi connectivity index (χ0n) is 14.1. The highest BCUT2D eigenvalue weighted by atomic mass is 16.5. The molecule has 0 radical (unpaired) electrons. The summed E-state index contributed by atoms with van der Waals surface area (Å²) in [5, 5.41) is 5.47. The molecule has 5 nitrogen and oxygen atoms in total. The van der Waals surface area contributed by atoms with E-state index >= 15 is 0 Å². The summed E-state index contributed by atoms with van der Waals surface area (Å²) in [7, 11) is 0. The van der Waals surface area contributed by atoms with E-state index in [0.29, 0.717) is 11.3 Å².